The minimum absolute atomic E-state index is 0.176. The fourth-order valence-electron chi connectivity index (χ4n) is 4.49. The topological polar surface area (TPSA) is 55.8 Å². The van der Waals surface area contributed by atoms with Crippen molar-refractivity contribution in [2.45, 2.75) is 129 Å². The second-order valence-corrected chi connectivity index (χ2v) is 11.7. The highest BCUT2D eigenvalue weighted by Crippen LogP contribution is 2.48. The lowest BCUT2D eigenvalue weighted by atomic mass is 10.1. The summed E-state index contributed by atoms with van der Waals surface area (Å²) in [6, 6.07) is 0. The molecular weight excluding hydrogens is 421 g/mol. The maximum absolute atomic E-state index is 12.7. The van der Waals surface area contributed by atoms with Crippen LogP contribution >= 0.6 is 7.82 Å². The molecule has 1 rings (SSSR count). The van der Waals surface area contributed by atoms with Crippen LogP contribution in [0, 0.1) is 0 Å². The van der Waals surface area contributed by atoms with E-state index < -0.39 is 7.82 Å². The Balaban J connectivity index is 2.23. The van der Waals surface area contributed by atoms with Gasteiger partial charge in [-0.25, -0.2) is 4.57 Å². The molecule has 3 unspecified atom stereocenters. The van der Waals surface area contributed by atoms with Crippen molar-refractivity contribution in [3.63, 3.8) is 0 Å². The van der Waals surface area contributed by atoms with E-state index >= 15 is 0 Å². The Kier molecular flexibility index (Phi) is 16.1. The normalized spacial score (nSPS) is 22.0. The maximum Gasteiger partial charge on any atom is 0.472 e. The molecule has 0 bridgehead atoms. The summed E-state index contributed by atoms with van der Waals surface area (Å²) in [5.74, 6) is 0. The Morgan fingerprint density at radius 1 is 0.906 bits per heavy atom. The molecule has 3 atom stereocenters. The first-order chi connectivity index (χ1) is 15.3. The van der Waals surface area contributed by atoms with Gasteiger partial charge in [-0.2, -0.15) is 0 Å². The first kappa shape index (κ1) is 29.8. The molecule has 0 saturated carbocycles. The Morgan fingerprint density at radius 2 is 1.56 bits per heavy atom. The van der Waals surface area contributed by atoms with Crippen molar-refractivity contribution < 1.29 is 23.0 Å². The molecule has 1 heterocycles. The highest BCUT2D eigenvalue weighted by atomic mass is 31.2. The predicted molar refractivity (Wildman–Crippen MR) is 136 cm³/mol. The highest BCUT2D eigenvalue weighted by molar-refractivity contribution is 7.47. The molecule has 0 aromatic rings. The number of nitrogens with zero attached hydrogens (tertiary/aromatic N) is 1. The van der Waals surface area contributed by atoms with Gasteiger partial charge in [-0.05, 0) is 51.4 Å². The third-order valence-corrected chi connectivity index (χ3v) is 7.69. The number of likely N-dealkylation sites (tertiary alicyclic amines) is 1. The van der Waals surface area contributed by atoms with Crippen LogP contribution in [0.1, 0.15) is 117 Å². The number of allylic oxidation sites excluding steroid dienone is 2. The monoisotopic (exact) mass is 474 g/mol. The molecule has 0 aliphatic carbocycles. The highest BCUT2D eigenvalue weighted by Gasteiger charge is 2.32. The summed E-state index contributed by atoms with van der Waals surface area (Å²) >= 11 is 0. The molecule has 190 valence electrons. The van der Waals surface area contributed by atoms with Crippen molar-refractivity contribution in [3.8, 4) is 0 Å². The van der Waals surface area contributed by atoms with Gasteiger partial charge in [0.2, 0.25) is 0 Å². The number of hydrogen-bond acceptors (Lipinski definition) is 3. The number of rotatable bonds is 18. The molecule has 1 fully saturated rings. The summed E-state index contributed by atoms with van der Waals surface area (Å²) in [6.45, 7) is 6.40. The van der Waals surface area contributed by atoms with Crippen LogP contribution in [0.2, 0.25) is 0 Å². The van der Waals surface area contributed by atoms with Crippen LogP contribution in [-0.4, -0.2) is 48.8 Å². The van der Waals surface area contributed by atoms with Crippen LogP contribution in [-0.2, 0) is 13.6 Å². The molecule has 0 radical (unpaired) electrons. The number of unbranched alkanes of at least 4 members (excludes halogenated alkanes) is 8. The first-order valence-electron chi connectivity index (χ1n) is 13.4. The molecule has 1 aliphatic rings. The lowest BCUT2D eigenvalue weighted by Crippen LogP contribution is -2.40. The lowest BCUT2D eigenvalue weighted by molar-refractivity contribution is -0.889. The van der Waals surface area contributed by atoms with Crippen molar-refractivity contribution in [1.29, 1.82) is 0 Å². The van der Waals surface area contributed by atoms with Gasteiger partial charge in [0.1, 0.15) is 0 Å². The van der Waals surface area contributed by atoms with E-state index in [1.807, 2.05) is 0 Å². The third kappa shape index (κ3) is 15.6. The van der Waals surface area contributed by atoms with Gasteiger partial charge in [0.15, 0.2) is 0 Å². The zero-order valence-electron chi connectivity index (χ0n) is 21.6. The van der Waals surface area contributed by atoms with E-state index in [9.17, 15) is 9.46 Å². The molecule has 1 aliphatic heterocycles. The second kappa shape index (κ2) is 17.3. The largest absolute Gasteiger partial charge is 0.472 e. The minimum atomic E-state index is -4.01. The molecular formula is C26H53NO4P+. The zero-order chi connectivity index (χ0) is 23.7. The number of quaternary nitrogens is 1. The van der Waals surface area contributed by atoms with Gasteiger partial charge in [-0.15, -0.1) is 0 Å². The summed E-state index contributed by atoms with van der Waals surface area (Å²) in [5.41, 5.74) is 0. The molecule has 0 aromatic carbocycles. The summed E-state index contributed by atoms with van der Waals surface area (Å²) < 4.78 is 24.9. The molecule has 5 nitrogen and oxygen atoms in total. The molecule has 0 amide bonds. The average molecular weight is 475 g/mol. The number of phosphoric acid groups is 1. The van der Waals surface area contributed by atoms with Gasteiger partial charge in [-0.1, -0.05) is 70.9 Å². The van der Waals surface area contributed by atoms with Crippen LogP contribution in [0.3, 0.4) is 0 Å². The van der Waals surface area contributed by atoms with Gasteiger partial charge < -0.3 is 9.38 Å². The van der Waals surface area contributed by atoms with E-state index in [4.69, 9.17) is 9.05 Å². The molecule has 6 heteroatoms. The standard InChI is InChI=1S/C26H52NO4P/c1-5-7-8-9-10-11-12-13-14-15-16-17-20-25(19-6-2)30-32(28,29)31-26-21-18-23-27(3,4)24-22-26/h13-14,25-26H,5-12,15-24H2,1-4H3/p+1/b14-13-. The van der Waals surface area contributed by atoms with Crippen molar-refractivity contribution >= 4 is 7.82 Å². The molecule has 0 aromatic heterocycles. The maximum atomic E-state index is 12.7. The van der Waals surface area contributed by atoms with E-state index in [2.05, 4.69) is 40.1 Å². The van der Waals surface area contributed by atoms with E-state index in [0.29, 0.717) is 0 Å². The second-order valence-electron chi connectivity index (χ2n) is 10.3. The summed E-state index contributed by atoms with van der Waals surface area (Å²) in [4.78, 5) is 10.4. The van der Waals surface area contributed by atoms with E-state index in [1.165, 1.54) is 44.9 Å². The Labute approximate surface area is 199 Å². The fourth-order valence-corrected chi connectivity index (χ4v) is 5.71. The van der Waals surface area contributed by atoms with E-state index in [1.54, 1.807) is 0 Å². The van der Waals surface area contributed by atoms with Gasteiger partial charge in [0.25, 0.3) is 0 Å². The zero-order valence-corrected chi connectivity index (χ0v) is 22.5. The van der Waals surface area contributed by atoms with Gasteiger partial charge in [0.05, 0.1) is 39.4 Å². The van der Waals surface area contributed by atoms with Crippen molar-refractivity contribution in [2.24, 2.45) is 0 Å². The quantitative estimate of drug-likeness (QED) is 0.0953. The van der Waals surface area contributed by atoms with E-state index in [-0.39, 0.29) is 12.2 Å². The van der Waals surface area contributed by atoms with Gasteiger partial charge in [0, 0.05) is 6.42 Å². The number of phosphoric ester groups is 1. The van der Waals surface area contributed by atoms with Gasteiger partial charge >= 0.3 is 7.82 Å². The SMILES string of the molecule is CCCCCCCC/C=C\CCCCC(CCC)OP(=O)(O)OC1CCC[N+](C)(C)CC1. The van der Waals surface area contributed by atoms with Crippen LogP contribution in [0.4, 0.5) is 0 Å². The van der Waals surface area contributed by atoms with Crippen LogP contribution in [0.5, 0.6) is 0 Å². The Morgan fingerprint density at radius 3 is 2.25 bits per heavy atom. The number of hydrogen-bond donors (Lipinski definition) is 1. The van der Waals surface area contributed by atoms with Gasteiger partial charge in [-0.3, -0.25) is 9.05 Å². The van der Waals surface area contributed by atoms with Crippen LogP contribution in [0.25, 0.3) is 0 Å². The smallest absolute Gasteiger partial charge is 0.328 e. The molecule has 32 heavy (non-hydrogen) atoms. The minimum Gasteiger partial charge on any atom is -0.328 e. The van der Waals surface area contributed by atoms with Crippen molar-refractivity contribution in [2.75, 3.05) is 27.2 Å². The van der Waals surface area contributed by atoms with Crippen LogP contribution in [0.15, 0.2) is 12.2 Å². The first-order valence-corrected chi connectivity index (χ1v) is 14.9. The predicted octanol–water partition coefficient (Wildman–Crippen LogP) is 7.78. The lowest BCUT2D eigenvalue weighted by Gasteiger charge is -2.28. The molecule has 1 saturated heterocycles. The molecule has 1 N–H and O–H groups in total. The van der Waals surface area contributed by atoms with Crippen molar-refractivity contribution in [1.82, 2.24) is 0 Å². The summed E-state index contributed by atoms with van der Waals surface area (Å²) in [5, 5.41) is 0. The molecule has 0 spiro atoms. The summed E-state index contributed by atoms with van der Waals surface area (Å²) in [6.07, 6.45) is 21.9. The third-order valence-electron chi connectivity index (χ3n) is 6.56. The summed E-state index contributed by atoms with van der Waals surface area (Å²) in [7, 11) is 0.400. The van der Waals surface area contributed by atoms with E-state index in [0.717, 1.165) is 75.4 Å². The Hall–Kier alpha value is -0.190. The average Bonchev–Trinajstić information content (AvgIpc) is 2.88. The van der Waals surface area contributed by atoms with Crippen LogP contribution < -0.4 is 0 Å². The Bertz CT molecular complexity index is 538. The fraction of sp³-hybridized carbons (Fsp3) is 0.923. The van der Waals surface area contributed by atoms with Crippen molar-refractivity contribution in [3.05, 3.63) is 12.2 Å².